The van der Waals surface area contributed by atoms with Gasteiger partial charge in [0.1, 0.15) is 12.4 Å². The highest BCUT2D eigenvalue weighted by molar-refractivity contribution is 5.67. The molecule has 1 aromatic carbocycles. The van der Waals surface area contributed by atoms with Crippen LogP contribution in [0.4, 0.5) is 0 Å². The van der Waals surface area contributed by atoms with Gasteiger partial charge in [-0.15, -0.1) is 0 Å². The van der Waals surface area contributed by atoms with Crippen molar-refractivity contribution in [2.24, 2.45) is 0 Å². The maximum absolute atomic E-state index is 8.64. The van der Waals surface area contributed by atoms with Crippen molar-refractivity contribution in [3.05, 3.63) is 35.9 Å². The van der Waals surface area contributed by atoms with Crippen LogP contribution in [-0.4, -0.2) is 31.4 Å². The van der Waals surface area contributed by atoms with E-state index in [1.165, 1.54) is 11.1 Å². The molecule has 16 heavy (non-hydrogen) atoms. The number of hydrogen-bond donors (Lipinski definition) is 2. The fourth-order valence-electron chi connectivity index (χ4n) is 1.81. The maximum Gasteiger partial charge on any atom is 0.119 e. The SMILES string of the molecule is OCCOc1ccc(C2=CCNCC2)cc1. The summed E-state index contributed by atoms with van der Waals surface area (Å²) in [7, 11) is 0. The van der Waals surface area contributed by atoms with Gasteiger partial charge in [0, 0.05) is 6.54 Å². The van der Waals surface area contributed by atoms with Crippen molar-refractivity contribution in [1.82, 2.24) is 5.32 Å². The summed E-state index contributed by atoms with van der Waals surface area (Å²) in [6, 6.07) is 8.05. The molecular weight excluding hydrogens is 202 g/mol. The Bertz CT molecular complexity index is 357. The van der Waals surface area contributed by atoms with Gasteiger partial charge < -0.3 is 15.2 Å². The van der Waals surface area contributed by atoms with Gasteiger partial charge in [0.05, 0.1) is 6.61 Å². The number of aliphatic hydroxyl groups is 1. The average molecular weight is 219 g/mol. The molecule has 0 spiro atoms. The molecule has 0 bridgehead atoms. The molecular formula is C13H17NO2. The minimum absolute atomic E-state index is 0.0541. The van der Waals surface area contributed by atoms with Crippen LogP contribution in [0.25, 0.3) is 5.57 Å². The molecule has 0 fully saturated rings. The van der Waals surface area contributed by atoms with E-state index in [-0.39, 0.29) is 6.61 Å². The first-order chi connectivity index (χ1) is 7.90. The first kappa shape index (κ1) is 11.2. The predicted octanol–water partition coefficient (Wildman–Crippen LogP) is 1.43. The molecule has 2 N–H and O–H groups in total. The Kier molecular flexibility index (Phi) is 3.97. The van der Waals surface area contributed by atoms with Gasteiger partial charge >= 0.3 is 0 Å². The van der Waals surface area contributed by atoms with Crippen LogP contribution in [0.1, 0.15) is 12.0 Å². The fourth-order valence-corrected chi connectivity index (χ4v) is 1.81. The molecule has 3 nitrogen and oxygen atoms in total. The van der Waals surface area contributed by atoms with Gasteiger partial charge in [0.15, 0.2) is 0 Å². The van der Waals surface area contributed by atoms with Crippen LogP contribution in [0, 0.1) is 0 Å². The van der Waals surface area contributed by atoms with Crippen molar-refractivity contribution in [3.63, 3.8) is 0 Å². The molecule has 3 heteroatoms. The Morgan fingerprint density at radius 2 is 2.06 bits per heavy atom. The standard InChI is InChI=1S/C13H17NO2/c15-9-10-16-13-3-1-11(2-4-13)12-5-7-14-8-6-12/h1-5,14-15H,6-10H2. The third kappa shape index (κ3) is 2.84. The van der Waals surface area contributed by atoms with Crippen molar-refractivity contribution in [2.75, 3.05) is 26.3 Å². The van der Waals surface area contributed by atoms with Crippen molar-refractivity contribution >= 4 is 5.57 Å². The largest absolute Gasteiger partial charge is 0.491 e. The Morgan fingerprint density at radius 3 is 2.69 bits per heavy atom. The number of ether oxygens (including phenoxy) is 1. The molecule has 1 aromatic rings. The topological polar surface area (TPSA) is 41.5 Å². The van der Waals surface area contributed by atoms with Gasteiger partial charge in [-0.3, -0.25) is 0 Å². The van der Waals surface area contributed by atoms with E-state index < -0.39 is 0 Å². The van der Waals surface area contributed by atoms with Crippen molar-refractivity contribution in [2.45, 2.75) is 6.42 Å². The first-order valence-electron chi connectivity index (χ1n) is 5.64. The summed E-state index contributed by atoms with van der Waals surface area (Å²) in [5.74, 6) is 0.812. The lowest BCUT2D eigenvalue weighted by atomic mass is 10.0. The number of hydrogen-bond acceptors (Lipinski definition) is 3. The minimum Gasteiger partial charge on any atom is -0.491 e. The van der Waals surface area contributed by atoms with Crippen LogP contribution in [0.5, 0.6) is 5.75 Å². The molecule has 0 aliphatic carbocycles. The summed E-state index contributed by atoms with van der Waals surface area (Å²) in [6.45, 7) is 2.41. The maximum atomic E-state index is 8.64. The zero-order valence-electron chi connectivity index (χ0n) is 9.28. The van der Waals surface area contributed by atoms with Crippen LogP contribution >= 0.6 is 0 Å². The summed E-state index contributed by atoms with van der Waals surface area (Å²) < 4.78 is 5.32. The zero-order chi connectivity index (χ0) is 11.2. The number of aliphatic hydroxyl groups excluding tert-OH is 1. The van der Waals surface area contributed by atoms with E-state index in [0.29, 0.717) is 6.61 Å². The Hall–Kier alpha value is -1.32. The van der Waals surface area contributed by atoms with Crippen LogP contribution < -0.4 is 10.1 Å². The summed E-state index contributed by atoms with van der Waals surface area (Å²) in [4.78, 5) is 0. The summed E-state index contributed by atoms with van der Waals surface area (Å²) in [6.07, 6.45) is 3.31. The molecule has 1 heterocycles. The first-order valence-corrected chi connectivity index (χ1v) is 5.64. The normalized spacial score (nSPS) is 15.7. The quantitative estimate of drug-likeness (QED) is 0.805. The monoisotopic (exact) mass is 219 g/mol. The summed E-state index contributed by atoms with van der Waals surface area (Å²) in [5.41, 5.74) is 2.66. The Labute approximate surface area is 95.7 Å². The van der Waals surface area contributed by atoms with Crippen molar-refractivity contribution in [3.8, 4) is 5.75 Å². The van der Waals surface area contributed by atoms with Crippen LogP contribution in [0.15, 0.2) is 30.3 Å². The van der Waals surface area contributed by atoms with Crippen molar-refractivity contribution < 1.29 is 9.84 Å². The lowest BCUT2D eigenvalue weighted by molar-refractivity contribution is 0.201. The molecule has 0 saturated heterocycles. The molecule has 0 radical (unpaired) electrons. The van der Waals surface area contributed by atoms with Crippen LogP contribution in [-0.2, 0) is 0 Å². The fraction of sp³-hybridized carbons (Fsp3) is 0.385. The summed E-state index contributed by atoms with van der Waals surface area (Å²) in [5, 5.41) is 11.9. The lowest BCUT2D eigenvalue weighted by Crippen LogP contribution is -2.19. The third-order valence-electron chi connectivity index (χ3n) is 2.65. The number of rotatable bonds is 4. The van der Waals surface area contributed by atoms with E-state index in [0.717, 1.165) is 25.3 Å². The van der Waals surface area contributed by atoms with Crippen LogP contribution in [0.3, 0.4) is 0 Å². The molecule has 1 aliphatic heterocycles. The van der Waals surface area contributed by atoms with Gasteiger partial charge in [0.2, 0.25) is 0 Å². The number of nitrogens with one attached hydrogen (secondary N) is 1. The van der Waals surface area contributed by atoms with Gasteiger partial charge in [-0.1, -0.05) is 18.2 Å². The highest BCUT2D eigenvalue weighted by Gasteiger charge is 2.05. The van der Waals surface area contributed by atoms with E-state index in [2.05, 4.69) is 23.5 Å². The second-order valence-corrected chi connectivity index (χ2v) is 3.78. The van der Waals surface area contributed by atoms with Gasteiger partial charge in [-0.2, -0.15) is 0 Å². The van der Waals surface area contributed by atoms with Gasteiger partial charge in [-0.05, 0) is 36.2 Å². The smallest absolute Gasteiger partial charge is 0.119 e. The minimum atomic E-state index is 0.0541. The van der Waals surface area contributed by atoms with Crippen LogP contribution in [0.2, 0.25) is 0 Å². The van der Waals surface area contributed by atoms with Crippen molar-refractivity contribution in [1.29, 1.82) is 0 Å². The number of benzene rings is 1. The third-order valence-corrected chi connectivity index (χ3v) is 2.65. The highest BCUT2D eigenvalue weighted by atomic mass is 16.5. The molecule has 0 amide bonds. The van der Waals surface area contributed by atoms with E-state index in [9.17, 15) is 0 Å². The van der Waals surface area contributed by atoms with E-state index >= 15 is 0 Å². The highest BCUT2D eigenvalue weighted by Crippen LogP contribution is 2.22. The molecule has 1 aliphatic rings. The summed E-state index contributed by atoms with van der Waals surface area (Å²) >= 11 is 0. The Balaban J connectivity index is 2.03. The molecule has 86 valence electrons. The average Bonchev–Trinajstić information content (AvgIpc) is 2.38. The second kappa shape index (κ2) is 5.68. The van der Waals surface area contributed by atoms with E-state index in [1.54, 1.807) is 0 Å². The van der Waals surface area contributed by atoms with Gasteiger partial charge in [0.25, 0.3) is 0 Å². The Morgan fingerprint density at radius 1 is 1.25 bits per heavy atom. The predicted molar refractivity (Wildman–Crippen MR) is 64.5 cm³/mol. The van der Waals surface area contributed by atoms with Gasteiger partial charge in [-0.25, -0.2) is 0 Å². The van der Waals surface area contributed by atoms with E-state index in [4.69, 9.17) is 9.84 Å². The second-order valence-electron chi connectivity index (χ2n) is 3.78. The van der Waals surface area contributed by atoms with E-state index in [1.807, 2.05) is 12.1 Å². The molecule has 0 aromatic heterocycles. The molecule has 0 saturated carbocycles. The molecule has 0 atom stereocenters. The molecule has 0 unspecified atom stereocenters. The molecule has 2 rings (SSSR count). The lowest BCUT2D eigenvalue weighted by Gasteiger charge is -2.14. The zero-order valence-corrected chi connectivity index (χ0v) is 9.28.